The second-order valence-electron chi connectivity index (χ2n) is 7.37. The van der Waals surface area contributed by atoms with E-state index in [1.54, 1.807) is 0 Å². The van der Waals surface area contributed by atoms with E-state index in [9.17, 15) is 22.0 Å². The number of nitrogens with two attached hydrogens (primary N) is 1. The van der Waals surface area contributed by atoms with Crippen LogP contribution in [0.4, 0.5) is 20.5 Å². The molecule has 3 N–H and O–H groups in total. The Morgan fingerprint density at radius 3 is 2.64 bits per heavy atom. The molecule has 180 valence electrons. The number of halogens is 3. The maximum Gasteiger partial charge on any atom is 0.241 e. The van der Waals surface area contributed by atoms with Crippen LogP contribution in [-0.2, 0) is 10.0 Å². The van der Waals surface area contributed by atoms with Gasteiger partial charge < -0.3 is 15.8 Å². The lowest BCUT2D eigenvalue weighted by molar-refractivity contribution is 0.103. The molecule has 1 aliphatic rings. The fourth-order valence-electron chi connectivity index (χ4n) is 3.61. The predicted octanol–water partition coefficient (Wildman–Crippen LogP) is 2.09. The smallest absolute Gasteiger partial charge is 0.241 e. The molecule has 33 heavy (non-hydrogen) atoms. The Labute approximate surface area is 195 Å². The summed E-state index contributed by atoms with van der Waals surface area (Å²) in [7, 11) is -2.63. The van der Waals surface area contributed by atoms with Gasteiger partial charge in [-0.25, -0.2) is 26.5 Å². The molecule has 0 unspecified atom stereocenters. The SMILES string of the molecule is COc1ccc(F)c(F)c1C(=O)c1cnc(N(C2CCNCC2)S(=O)(=O)CCCCl)nc1N. The molecule has 1 saturated heterocycles. The fraction of sp³-hybridized carbons (Fsp3) is 0.450. The van der Waals surface area contributed by atoms with Gasteiger partial charge in [-0.2, -0.15) is 4.98 Å². The van der Waals surface area contributed by atoms with E-state index < -0.39 is 39.0 Å². The monoisotopic (exact) mass is 503 g/mol. The van der Waals surface area contributed by atoms with Crippen molar-refractivity contribution in [1.82, 2.24) is 15.3 Å². The molecular weight excluding hydrogens is 480 g/mol. The largest absolute Gasteiger partial charge is 0.496 e. The lowest BCUT2D eigenvalue weighted by Gasteiger charge is -2.33. The van der Waals surface area contributed by atoms with Gasteiger partial charge in [0.05, 0.1) is 24.5 Å². The normalized spacial score (nSPS) is 14.8. The Balaban J connectivity index is 2.03. The number of methoxy groups -OCH3 is 1. The molecule has 1 fully saturated rings. The van der Waals surface area contributed by atoms with Crippen molar-refractivity contribution in [3.8, 4) is 5.75 Å². The number of hydrogen-bond donors (Lipinski definition) is 2. The number of carbonyl (C=O) groups excluding carboxylic acids is 1. The van der Waals surface area contributed by atoms with Gasteiger partial charge in [0.25, 0.3) is 0 Å². The number of alkyl halides is 1. The number of aromatic nitrogens is 2. The highest BCUT2D eigenvalue weighted by Gasteiger charge is 2.34. The summed E-state index contributed by atoms with van der Waals surface area (Å²) in [5.41, 5.74) is 4.99. The molecule has 2 aromatic rings. The lowest BCUT2D eigenvalue weighted by atomic mass is 10.0. The predicted molar refractivity (Wildman–Crippen MR) is 120 cm³/mol. The van der Waals surface area contributed by atoms with E-state index >= 15 is 0 Å². The minimum Gasteiger partial charge on any atom is -0.496 e. The highest BCUT2D eigenvalue weighted by Crippen LogP contribution is 2.29. The third-order valence-corrected chi connectivity index (χ3v) is 7.36. The summed E-state index contributed by atoms with van der Waals surface area (Å²) in [4.78, 5) is 21.1. The number of nitrogen functional groups attached to an aromatic ring is 1. The van der Waals surface area contributed by atoms with Crippen molar-refractivity contribution in [2.75, 3.05) is 41.9 Å². The Morgan fingerprint density at radius 1 is 1.33 bits per heavy atom. The number of benzene rings is 1. The van der Waals surface area contributed by atoms with Gasteiger partial charge in [-0.1, -0.05) is 0 Å². The van der Waals surface area contributed by atoms with E-state index in [1.165, 1.54) is 7.11 Å². The first kappa shape index (κ1) is 25.1. The van der Waals surface area contributed by atoms with Gasteiger partial charge in [-0.3, -0.25) is 4.79 Å². The van der Waals surface area contributed by atoms with E-state index in [1.807, 2.05) is 0 Å². The van der Waals surface area contributed by atoms with Crippen molar-refractivity contribution in [3.63, 3.8) is 0 Å². The summed E-state index contributed by atoms with van der Waals surface area (Å²) < 4.78 is 60.3. The number of carbonyl (C=O) groups is 1. The molecule has 1 aromatic heterocycles. The molecule has 0 aliphatic carbocycles. The average Bonchev–Trinajstić information content (AvgIpc) is 2.80. The number of anilines is 2. The molecule has 0 atom stereocenters. The Hall–Kier alpha value is -2.57. The molecule has 3 rings (SSSR count). The zero-order valence-corrected chi connectivity index (χ0v) is 19.4. The summed E-state index contributed by atoms with van der Waals surface area (Å²) in [5.74, 6) is -4.44. The number of nitrogens with zero attached hydrogens (tertiary/aromatic N) is 3. The van der Waals surface area contributed by atoms with Gasteiger partial charge in [-0.15, -0.1) is 11.6 Å². The van der Waals surface area contributed by atoms with Crippen LogP contribution in [0.2, 0.25) is 0 Å². The van der Waals surface area contributed by atoms with Crippen LogP contribution >= 0.6 is 11.6 Å². The minimum atomic E-state index is -3.84. The second kappa shape index (κ2) is 10.6. The first-order chi connectivity index (χ1) is 15.7. The Morgan fingerprint density at radius 2 is 2.03 bits per heavy atom. The average molecular weight is 504 g/mol. The van der Waals surface area contributed by atoms with Crippen molar-refractivity contribution in [3.05, 3.63) is 41.1 Å². The van der Waals surface area contributed by atoms with Crippen LogP contribution in [0.1, 0.15) is 35.2 Å². The van der Waals surface area contributed by atoms with Crippen LogP contribution in [0.5, 0.6) is 5.75 Å². The maximum atomic E-state index is 14.4. The van der Waals surface area contributed by atoms with Crippen molar-refractivity contribution < 1.29 is 26.7 Å². The molecule has 0 radical (unpaired) electrons. The van der Waals surface area contributed by atoms with Crippen molar-refractivity contribution in [1.29, 1.82) is 0 Å². The molecule has 9 nitrogen and oxygen atoms in total. The van der Waals surface area contributed by atoms with Gasteiger partial charge >= 0.3 is 0 Å². The van der Waals surface area contributed by atoms with E-state index in [0.29, 0.717) is 25.9 Å². The standard InChI is InChI=1S/C20H24ClF2N5O4S/c1-32-15-4-3-14(22)17(23)16(15)18(29)13-11-26-20(27-19(13)24)28(12-5-8-25-9-6-12)33(30,31)10-2-7-21/h3-4,11-12,25H,2,5-10H2,1H3,(H2,24,26,27). The molecule has 0 amide bonds. The van der Waals surface area contributed by atoms with E-state index in [2.05, 4.69) is 15.3 Å². The molecule has 1 aromatic carbocycles. The van der Waals surface area contributed by atoms with Crippen LogP contribution in [-0.4, -0.2) is 62.0 Å². The highest BCUT2D eigenvalue weighted by molar-refractivity contribution is 7.92. The van der Waals surface area contributed by atoms with E-state index in [0.717, 1.165) is 22.6 Å². The van der Waals surface area contributed by atoms with Crippen LogP contribution in [0.25, 0.3) is 0 Å². The van der Waals surface area contributed by atoms with Gasteiger partial charge in [0.1, 0.15) is 17.1 Å². The van der Waals surface area contributed by atoms with E-state index in [4.69, 9.17) is 22.1 Å². The first-order valence-corrected chi connectivity index (χ1v) is 12.3. The molecule has 1 aliphatic heterocycles. The van der Waals surface area contributed by atoms with Crippen LogP contribution in [0.3, 0.4) is 0 Å². The molecule has 0 bridgehead atoms. The van der Waals surface area contributed by atoms with Crippen LogP contribution in [0.15, 0.2) is 18.3 Å². The number of hydrogen-bond acceptors (Lipinski definition) is 8. The number of ketones is 1. The van der Waals surface area contributed by atoms with Crippen molar-refractivity contribution >= 4 is 39.2 Å². The third kappa shape index (κ3) is 5.33. The fourth-order valence-corrected chi connectivity index (χ4v) is 5.61. The summed E-state index contributed by atoms with van der Waals surface area (Å²) in [6.45, 7) is 1.22. The molecule has 0 saturated carbocycles. The molecular formula is C20H24ClF2N5O4S. The lowest BCUT2D eigenvalue weighted by Crippen LogP contribution is -2.48. The summed E-state index contributed by atoms with van der Waals surface area (Å²) in [5, 5.41) is 3.16. The molecule has 13 heteroatoms. The van der Waals surface area contributed by atoms with Gasteiger partial charge in [0.2, 0.25) is 21.8 Å². The van der Waals surface area contributed by atoms with Crippen LogP contribution in [0, 0.1) is 11.6 Å². The summed E-state index contributed by atoms with van der Waals surface area (Å²) in [6.07, 6.45) is 2.29. The van der Waals surface area contributed by atoms with Gasteiger partial charge in [0, 0.05) is 12.1 Å². The van der Waals surface area contributed by atoms with Crippen molar-refractivity contribution in [2.24, 2.45) is 0 Å². The topological polar surface area (TPSA) is 128 Å². The number of ether oxygens (including phenoxy) is 1. The van der Waals surface area contributed by atoms with Gasteiger partial charge in [-0.05, 0) is 44.5 Å². The van der Waals surface area contributed by atoms with Crippen molar-refractivity contribution in [2.45, 2.75) is 25.3 Å². The molecule has 2 heterocycles. The maximum absolute atomic E-state index is 14.4. The third-order valence-electron chi connectivity index (χ3n) is 5.23. The van der Waals surface area contributed by atoms with Crippen LogP contribution < -0.4 is 20.1 Å². The number of nitrogens with one attached hydrogen (secondary N) is 1. The zero-order valence-electron chi connectivity index (χ0n) is 17.9. The quantitative estimate of drug-likeness (QED) is 0.393. The van der Waals surface area contributed by atoms with E-state index in [-0.39, 0.29) is 41.1 Å². The molecule has 0 spiro atoms. The number of piperidine rings is 1. The summed E-state index contributed by atoms with van der Waals surface area (Å²) in [6, 6.07) is 1.53. The Kier molecular flexibility index (Phi) is 8.03. The number of rotatable bonds is 9. The second-order valence-corrected chi connectivity index (χ2v) is 9.72. The minimum absolute atomic E-state index is 0.163. The number of sulfonamides is 1. The zero-order chi connectivity index (χ0) is 24.2. The Bertz CT molecular complexity index is 1130. The summed E-state index contributed by atoms with van der Waals surface area (Å²) >= 11 is 5.68. The first-order valence-electron chi connectivity index (χ1n) is 10.2. The highest BCUT2D eigenvalue weighted by atomic mass is 35.5. The van der Waals surface area contributed by atoms with Gasteiger partial charge in [0.15, 0.2) is 11.6 Å².